The van der Waals surface area contributed by atoms with Gasteiger partial charge in [-0.05, 0) is 56.0 Å². The van der Waals surface area contributed by atoms with Crippen LogP contribution in [0.25, 0.3) is 0 Å². The van der Waals surface area contributed by atoms with Gasteiger partial charge < -0.3 is 5.32 Å². The monoisotopic (exact) mass is 421 g/mol. The normalized spacial score (nSPS) is 27.4. The van der Waals surface area contributed by atoms with Gasteiger partial charge in [0.05, 0.1) is 9.79 Å². The van der Waals surface area contributed by atoms with Gasteiger partial charge in [-0.1, -0.05) is 6.07 Å². The van der Waals surface area contributed by atoms with Crippen molar-refractivity contribution in [3.8, 4) is 0 Å². The summed E-state index contributed by atoms with van der Waals surface area (Å²) in [7, 11) is -7.28. The molecule has 3 saturated heterocycles. The predicted octanol–water partition coefficient (Wildman–Crippen LogP) is 0.733. The quantitative estimate of drug-likeness (QED) is 0.774. The third-order valence-corrected chi connectivity index (χ3v) is 9.22. The number of nitrogens with zero attached hydrogens (tertiary/aromatic N) is 2. The number of nitrogens with one attached hydrogen (secondary N) is 1. The van der Waals surface area contributed by atoms with Crippen molar-refractivity contribution in [3.63, 3.8) is 0 Å². The average molecular weight is 422 g/mol. The van der Waals surface area contributed by atoms with Crippen LogP contribution in [0.3, 0.4) is 0 Å². The van der Waals surface area contributed by atoms with Crippen molar-refractivity contribution in [3.05, 3.63) is 24.3 Å². The smallest absolute Gasteiger partial charge is 0.243 e. The first-order valence-electron chi connectivity index (χ1n) is 8.70. The van der Waals surface area contributed by atoms with E-state index in [9.17, 15) is 16.8 Å². The number of halogens is 1. The van der Waals surface area contributed by atoms with Gasteiger partial charge in [0, 0.05) is 26.2 Å². The minimum atomic E-state index is -3.66. The molecule has 1 aromatic rings. The summed E-state index contributed by atoms with van der Waals surface area (Å²) in [5.41, 5.74) is 0. The predicted molar refractivity (Wildman–Crippen MR) is 100 cm³/mol. The molecule has 0 unspecified atom stereocenters. The maximum absolute atomic E-state index is 13.0. The summed E-state index contributed by atoms with van der Waals surface area (Å²) in [5, 5.41) is 3.29. The van der Waals surface area contributed by atoms with Crippen molar-refractivity contribution >= 4 is 32.5 Å². The third-order valence-electron chi connectivity index (χ3n) is 5.50. The molecule has 0 spiro atoms. The van der Waals surface area contributed by atoms with Crippen molar-refractivity contribution in [1.82, 2.24) is 13.9 Å². The van der Waals surface area contributed by atoms with Gasteiger partial charge in [-0.2, -0.15) is 8.61 Å². The van der Waals surface area contributed by atoms with E-state index in [-0.39, 0.29) is 22.2 Å². The van der Waals surface area contributed by atoms with Crippen molar-refractivity contribution in [1.29, 1.82) is 0 Å². The molecular weight excluding hydrogens is 398 g/mol. The van der Waals surface area contributed by atoms with Crippen LogP contribution in [-0.4, -0.2) is 64.7 Å². The maximum Gasteiger partial charge on any atom is 0.243 e. The Labute approximate surface area is 161 Å². The molecule has 2 atom stereocenters. The van der Waals surface area contributed by atoms with Gasteiger partial charge in [0.25, 0.3) is 0 Å². The topological polar surface area (TPSA) is 86.8 Å². The van der Waals surface area contributed by atoms with E-state index in [1.807, 2.05) is 0 Å². The molecule has 0 saturated carbocycles. The second-order valence-electron chi connectivity index (χ2n) is 7.09. The lowest BCUT2D eigenvalue weighted by Gasteiger charge is -2.19. The molecule has 3 fully saturated rings. The zero-order valence-corrected chi connectivity index (χ0v) is 16.8. The fourth-order valence-electron chi connectivity index (χ4n) is 4.03. The molecule has 3 heterocycles. The van der Waals surface area contributed by atoms with E-state index in [4.69, 9.17) is 0 Å². The SMILES string of the molecule is Cl.O=S(=O)(c1cccc(S(=O)(=O)N2C[C@H]3CNC[C@H]3C2)c1)N1CCCC1. The lowest BCUT2D eigenvalue weighted by atomic mass is 10.0. The minimum absolute atomic E-state index is 0. The Kier molecular flexibility index (Phi) is 5.68. The molecule has 0 bridgehead atoms. The lowest BCUT2D eigenvalue weighted by Crippen LogP contribution is -2.32. The van der Waals surface area contributed by atoms with Gasteiger partial charge in [0.2, 0.25) is 20.0 Å². The number of fused-ring (bicyclic) bond motifs is 1. The van der Waals surface area contributed by atoms with E-state index in [1.54, 1.807) is 0 Å². The van der Waals surface area contributed by atoms with Gasteiger partial charge >= 0.3 is 0 Å². The van der Waals surface area contributed by atoms with Crippen LogP contribution in [0.5, 0.6) is 0 Å². The second-order valence-corrected chi connectivity index (χ2v) is 11.0. The van der Waals surface area contributed by atoms with E-state index in [1.165, 1.54) is 32.9 Å². The first-order valence-corrected chi connectivity index (χ1v) is 11.6. The number of hydrogen-bond donors (Lipinski definition) is 1. The Morgan fingerprint density at radius 2 is 1.35 bits per heavy atom. The van der Waals surface area contributed by atoms with E-state index in [0.29, 0.717) is 38.0 Å². The molecule has 10 heteroatoms. The highest BCUT2D eigenvalue weighted by Crippen LogP contribution is 2.31. The summed E-state index contributed by atoms with van der Waals surface area (Å²) >= 11 is 0. The molecule has 4 rings (SSSR count). The standard InChI is InChI=1S/C16H23N3O4S2.ClH/c20-24(21,18-6-1-2-7-18)15-4-3-5-16(8-15)25(22,23)19-11-13-9-17-10-14(13)12-19;/h3-5,8,13-14,17H,1-2,6-7,9-12H2;1H/t13-,14+;. The number of sulfonamides is 2. The fraction of sp³-hybridized carbons (Fsp3) is 0.625. The molecule has 26 heavy (non-hydrogen) atoms. The molecule has 3 aliphatic heterocycles. The highest BCUT2D eigenvalue weighted by Gasteiger charge is 2.41. The Morgan fingerprint density at radius 1 is 0.846 bits per heavy atom. The van der Waals surface area contributed by atoms with Crippen molar-refractivity contribution in [2.45, 2.75) is 22.6 Å². The van der Waals surface area contributed by atoms with Gasteiger partial charge in [-0.3, -0.25) is 0 Å². The molecule has 1 aromatic carbocycles. The Bertz CT molecular complexity index is 857. The van der Waals surface area contributed by atoms with Crippen LogP contribution in [-0.2, 0) is 20.0 Å². The molecule has 3 aliphatic rings. The van der Waals surface area contributed by atoms with E-state index >= 15 is 0 Å². The summed E-state index contributed by atoms with van der Waals surface area (Å²) < 4.78 is 54.3. The Hall–Kier alpha value is -0.710. The largest absolute Gasteiger partial charge is 0.316 e. The van der Waals surface area contributed by atoms with Crippen LogP contribution in [0, 0.1) is 11.8 Å². The highest BCUT2D eigenvalue weighted by atomic mass is 35.5. The fourth-order valence-corrected chi connectivity index (χ4v) is 7.27. The lowest BCUT2D eigenvalue weighted by molar-refractivity contribution is 0.447. The molecule has 0 aromatic heterocycles. The third kappa shape index (κ3) is 3.41. The maximum atomic E-state index is 13.0. The summed E-state index contributed by atoms with van der Waals surface area (Å²) in [6.45, 7) is 3.70. The molecule has 7 nitrogen and oxygen atoms in total. The van der Waals surface area contributed by atoms with E-state index in [0.717, 1.165) is 25.9 Å². The van der Waals surface area contributed by atoms with Gasteiger partial charge in [0.1, 0.15) is 0 Å². The number of benzene rings is 1. The minimum Gasteiger partial charge on any atom is -0.316 e. The first-order chi connectivity index (χ1) is 11.9. The number of rotatable bonds is 4. The number of hydrogen-bond acceptors (Lipinski definition) is 5. The van der Waals surface area contributed by atoms with Crippen molar-refractivity contribution in [2.75, 3.05) is 39.3 Å². The van der Waals surface area contributed by atoms with Crippen LogP contribution in [0.2, 0.25) is 0 Å². The van der Waals surface area contributed by atoms with Crippen LogP contribution < -0.4 is 5.32 Å². The van der Waals surface area contributed by atoms with Crippen molar-refractivity contribution < 1.29 is 16.8 Å². The molecule has 0 aliphatic carbocycles. The van der Waals surface area contributed by atoms with Gasteiger partial charge in [0.15, 0.2) is 0 Å². The summed E-state index contributed by atoms with van der Waals surface area (Å²) in [5.74, 6) is 0.706. The molecule has 146 valence electrons. The van der Waals surface area contributed by atoms with E-state index < -0.39 is 20.0 Å². The summed E-state index contributed by atoms with van der Waals surface area (Å²) in [6, 6.07) is 5.81. The molecule has 1 N–H and O–H groups in total. The molecule has 0 amide bonds. The highest BCUT2D eigenvalue weighted by molar-refractivity contribution is 7.90. The molecule has 0 radical (unpaired) electrons. The molecular formula is C16H24ClN3O4S2. The Morgan fingerprint density at radius 3 is 1.88 bits per heavy atom. The zero-order chi connectivity index (χ0) is 17.7. The van der Waals surface area contributed by atoms with Crippen molar-refractivity contribution in [2.24, 2.45) is 11.8 Å². The second kappa shape index (κ2) is 7.37. The van der Waals surface area contributed by atoms with Crippen LogP contribution in [0.4, 0.5) is 0 Å². The van der Waals surface area contributed by atoms with Crippen LogP contribution in [0.15, 0.2) is 34.1 Å². The van der Waals surface area contributed by atoms with Crippen LogP contribution >= 0.6 is 12.4 Å². The van der Waals surface area contributed by atoms with Crippen LogP contribution in [0.1, 0.15) is 12.8 Å². The summed E-state index contributed by atoms with van der Waals surface area (Å²) in [6.07, 6.45) is 1.70. The van der Waals surface area contributed by atoms with Gasteiger partial charge in [-0.25, -0.2) is 16.8 Å². The van der Waals surface area contributed by atoms with Gasteiger partial charge in [-0.15, -0.1) is 12.4 Å². The first kappa shape index (κ1) is 20.0. The van der Waals surface area contributed by atoms with E-state index in [2.05, 4.69) is 5.32 Å². The zero-order valence-electron chi connectivity index (χ0n) is 14.4. The summed E-state index contributed by atoms with van der Waals surface area (Å²) in [4.78, 5) is 0.136. The average Bonchev–Trinajstić information content (AvgIpc) is 3.31. The Balaban J connectivity index is 0.00000196.